The van der Waals surface area contributed by atoms with Gasteiger partial charge in [-0.1, -0.05) is 42.3 Å². The minimum atomic E-state index is -0.940. The summed E-state index contributed by atoms with van der Waals surface area (Å²) in [7, 11) is 0. The second-order valence-corrected chi connectivity index (χ2v) is 12.5. The van der Waals surface area contributed by atoms with Crippen LogP contribution in [0.25, 0.3) is 22.4 Å². The highest BCUT2D eigenvalue weighted by atomic mass is 16.6. The third-order valence-corrected chi connectivity index (χ3v) is 8.07. The Morgan fingerprint density at radius 2 is 1.54 bits per heavy atom. The molecule has 2 aliphatic heterocycles. The fraction of sp³-hybridized carbons (Fsp3) is 0.333. The maximum atomic E-state index is 12.9. The monoisotopic (exact) mass is 616 g/mol. The number of ether oxygens (including phenoxy) is 1. The molecule has 6 rings (SSSR count). The van der Waals surface area contributed by atoms with Crippen molar-refractivity contribution in [2.24, 2.45) is 0 Å². The van der Waals surface area contributed by atoms with Gasteiger partial charge in [-0.15, -0.1) is 0 Å². The summed E-state index contributed by atoms with van der Waals surface area (Å²) in [5, 5.41) is 9.44. The van der Waals surface area contributed by atoms with Gasteiger partial charge < -0.3 is 19.8 Å². The highest BCUT2D eigenvalue weighted by Gasteiger charge is 2.35. The summed E-state index contributed by atoms with van der Waals surface area (Å²) in [5.74, 6) is 13.4. The number of imidazole rings is 2. The number of nitrogens with one attached hydrogen (secondary N) is 2. The summed E-state index contributed by atoms with van der Waals surface area (Å²) in [4.78, 5) is 43.2. The zero-order valence-electron chi connectivity index (χ0n) is 26.1. The summed E-state index contributed by atoms with van der Waals surface area (Å²) >= 11 is 0. The Morgan fingerprint density at radius 3 is 2.28 bits per heavy atom. The van der Waals surface area contributed by atoms with Gasteiger partial charge >= 0.3 is 12.2 Å². The predicted octanol–water partition coefficient (Wildman–Crippen LogP) is 6.76. The molecule has 0 aliphatic carbocycles. The zero-order chi connectivity index (χ0) is 32.3. The molecule has 2 aliphatic rings. The number of rotatable bonds is 4. The lowest BCUT2D eigenvalue weighted by Crippen LogP contribution is -2.36. The van der Waals surface area contributed by atoms with Crippen molar-refractivity contribution < 1.29 is 19.4 Å². The van der Waals surface area contributed by atoms with Crippen LogP contribution >= 0.6 is 0 Å². The molecule has 4 heterocycles. The number of hydrogen-bond donors (Lipinski definition) is 3. The molecule has 234 valence electrons. The van der Waals surface area contributed by atoms with Gasteiger partial charge in [-0.3, -0.25) is 9.80 Å². The van der Waals surface area contributed by atoms with Crippen LogP contribution in [0.15, 0.2) is 60.9 Å². The second-order valence-electron chi connectivity index (χ2n) is 12.5. The summed E-state index contributed by atoms with van der Waals surface area (Å²) < 4.78 is 5.64. The van der Waals surface area contributed by atoms with Crippen LogP contribution in [0.1, 0.15) is 81.4 Å². The fourth-order valence-corrected chi connectivity index (χ4v) is 5.97. The number of hydrogen-bond acceptors (Lipinski definition) is 5. The van der Waals surface area contributed by atoms with Gasteiger partial charge in [0.15, 0.2) is 0 Å². The van der Waals surface area contributed by atoms with Crippen molar-refractivity contribution >= 4 is 12.2 Å². The van der Waals surface area contributed by atoms with Gasteiger partial charge in [0, 0.05) is 24.2 Å². The first-order chi connectivity index (χ1) is 22.2. The number of H-pyrrole nitrogens is 2. The van der Waals surface area contributed by atoms with E-state index in [2.05, 4.69) is 49.7 Å². The summed E-state index contributed by atoms with van der Waals surface area (Å²) in [5.41, 5.74) is 4.62. The normalized spacial score (nSPS) is 17.6. The van der Waals surface area contributed by atoms with Crippen molar-refractivity contribution in [3.63, 3.8) is 0 Å². The van der Waals surface area contributed by atoms with Gasteiger partial charge in [0.25, 0.3) is 0 Å². The molecule has 46 heavy (non-hydrogen) atoms. The molecule has 2 saturated heterocycles. The summed E-state index contributed by atoms with van der Waals surface area (Å²) in [6.45, 7) is 6.75. The van der Waals surface area contributed by atoms with Gasteiger partial charge in [0.1, 0.15) is 22.9 Å². The topological polar surface area (TPSA) is 127 Å². The average Bonchev–Trinajstić information content (AvgIpc) is 3.85. The molecule has 2 aromatic heterocycles. The van der Waals surface area contributed by atoms with Gasteiger partial charge in [0.2, 0.25) is 0 Å². The highest BCUT2D eigenvalue weighted by Crippen LogP contribution is 2.34. The van der Waals surface area contributed by atoms with E-state index in [1.165, 1.54) is 4.90 Å². The highest BCUT2D eigenvalue weighted by molar-refractivity contribution is 5.77. The lowest BCUT2D eigenvalue weighted by atomic mass is 9.96. The largest absolute Gasteiger partial charge is 0.465 e. The van der Waals surface area contributed by atoms with E-state index < -0.39 is 11.7 Å². The Morgan fingerprint density at radius 1 is 0.870 bits per heavy atom. The maximum absolute atomic E-state index is 12.9. The molecule has 2 aromatic carbocycles. The Kier molecular flexibility index (Phi) is 8.54. The lowest BCUT2D eigenvalue weighted by Gasteiger charge is -2.27. The van der Waals surface area contributed by atoms with Crippen LogP contribution in [0, 0.1) is 23.7 Å². The van der Waals surface area contributed by atoms with Crippen LogP contribution in [0.2, 0.25) is 0 Å². The van der Waals surface area contributed by atoms with E-state index in [1.807, 2.05) is 69.4 Å². The van der Waals surface area contributed by atoms with Crippen molar-refractivity contribution in [3.05, 3.63) is 83.8 Å². The van der Waals surface area contributed by atoms with Crippen molar-refractivity contribution in [1.82, 2.24) is 29.7 Å². The van der Waals surface area contributed by atoms with Crippen LogP contribution in [0.4, 0.5) is 9.59 Å². The minimum absolute atomic E-state index is 0.166. The van der Waals surface area contributed by atoms with Crippen molar-refractivity contribution in [2.75, 3.05) is 13.1 Å². The third-order valence-electron chi connectivity index (χ3n) is 8.07. The Hall–Kier alpha value is -5.48. The van der Waals surface area contributed by atoms with Gasteiger partial charge in [-0.25, -0.2) is 19.6 Å². The number of likely N-dealkylation sites (tertiary alicyclic amines) is 2. The SMILES string of the molecule is CC(C)(C)OC(=O)N1CCCC1c1ncc(-c2ccc(C#CC#Cc3cnc(C4CCCN4C(=O)O)[nH]3)c(-c3ccccc3)c2)[nH]1. The summed E-state index contributed by atoms with van der Waals surface area (Å²) in [6, 6.07) is 15.7. The lowest BCUT2D eigenvalue weighted by molar-refractivity contribution is 0.0218. The molecule has 2 amide bonds. The first-order valence-corrected chi connectivity index (χ1v) is 15.5. The number of aromatic amines is 2. The molecule has 4 aromatic rings. The molecule has 3 N–H and O–H groups in total. The Labute approximate surface area is 268 Å². The maximum Gasteiger partial charge on any atom is 0.410 e. The molecular weight excluding hydrogens is 580 g/mol. The molecule has 2 fully saturated rings. The van der Waals surface area contributed by atoms with Crippen LogP contribution in [-0.2, 0) is 4.74 Å². The third kappa shape index (κ3) is 6.77. The number of benzene rings is 2. The molecule has 0 saturated carbocycles. The van der Waals surface area contributed by atoms with E-state index in [0.29, 0.717) is 24.6 Å². The van der Waals surface area contributed by atoms with Crippen molar-refractivity contribution in [3.8, 4) is 46.1 Å². The number of nitrogens with zero attached hydrogens (tertiary/aromatic N) is 4. The zero-order valence-corrected chi connectivity index (χ0v) is 26.1. The van der Waals surface area contributed by atoms with E-state index in [-0.39, 0.29) is 18.2 Å². The number of carbonyl (C=O) groups excluding carboxylic acids is 1. The van der Waals surface area contributed by atoms with Crippen LogP contribution in [0.5, 0.6) is 0 Å². The first kappa shape index (κ1) is 30.5. The molecule has 0 radical (unpaired) electrons. The smallest absolute Gasteiger partial charge is 0.410 e. The molecule has 0 spiro atoms. The standard InChI is InChI=1S/C36H36N6O4/c1-36(2,3)46-35(45)42-20-10-16-31(42)33-38-23-29(40-33)26-18-17-25(28(21-26)24-11-5-4-6-12-24)13-7-8-14-27-22-37-32(39-27)30-15-9-19-41(30)34(43)44/h4-6,11-12,17-18,21-23,30-31H,9-10,15-16,19-20H2,1-3H3,(H,37,39)(H,38,40)(H,43,44). The van der Waals surface area contributed by atoms with E-state index in [4.69, 9.17) is 4.74 Å². The van der Waals surface area contributed by atoms with Crippen molar-refractivity contribution in [1.29, 1.82) is 0 Å². The fourth-order valence-electron chi connectivity index (χ4n) is 5.97. The average molecular weight is 617 g/mol. The molecular formula is C36H36N6O4. The number of carboxylic acid groups (broad SMARTS) is 1. The minimum Gasteiger partial charge on any atom is -0.465 e. The van der Waals surface area contributed by atoms with E-state index in [0.717, 1.165) is 59.5 Å². The first-order valence-electron chi connectivity index (χ1n) is 15.5. The number of amides is 2. The Bertz CT molecular complexity index is 1860. The second kappa shape index (κ2) is 12.9. The van der Waals surface area contributed by atoms with Crippen LogP contribution in [-0.4, -0.2) is 65.7 Å². The molecule has 10 nitrogen and oxygen atoms in total. The quantitative estimate of drug-likeness (QED) is 0.218. The Balaban J connectivity index is 1.23. The number of aromatic nitrogens is 4. The molecule has 2 unspecified atom stereocenters. The number of carbonyl (C=O) groups is 2. The van der Waals surface area contributed by atoms with E-state index in [1.54, 1.807) is 11.1 Å². The molecule has 0 bridgehead atoms. The van der Waals surface area contributed by atoms with Crippen molar-refractivity contribution in [2.45, 2.75) is 64.1 Å². The van der Waals surface area contributed by atoms with Gasteiger partial charge in [-0.05, 0) is 87.5 Å². The predicted molar refractivity (Wildman–Crippen MR) is 173 cm³/mol. The molecule has 10 heteroatoms. The summed E-state index contributed by atoms with van der Waals surface area (Å²) in [6.07, 6.45) is 5.40. The van der Waals surface area contributed by atoms with E-state index in [9.17, 15) is 14.7 Å². The molecule has 2 atom stereocenters. The van der Waals surface area contributed by atoms with E-state index >= 15 is 0 Å². The van der Waals surface area contributed by atoms with Crippen LogP contribution < -0.4 is 0 Å². The van der Waals surface area contributed by atoms with Crippen LogP contribution in [0.3, 0.4) is 0 Å². The van der Waals surface area contributed by atoms with Gasteiger partial charge in [0.05, 0.1) is 30.2 Å². The van der Waals surface area contributed by atoms with Gasteiger partial charge in [-0.2, -0.15) is 0 Å².